The summed E-state index contributed by atoms with van der Waals surface area (Å²) in [5.41, 5.74) is 2.83. The molecule has 1 N–H and O–H groups in total. The van der Waals surface area contributed by atoms with Crippen molar-refractivity contribution in [1.29, 1.82) is 0 Å². The molecular weight excluding hydrogens is 254 g/mol. The van der Waals surface area contributed by atoms with Crippen molar-refractivity contribution in [1.82, 2.24) is 9.97 Å². The molecule has 0 bridgehead atoms. The molecule has 0 aromatic carbocycles. The lowest BCUT2D eigenvalue weighted by atomic mass is 9.83. The fourth-order valence-corrected chi connectivity index (χ4v) is 4.11. The topological polar surface area (TPSA) is 37.8 Å². The summed E-state index contributed by atoms with van der Waals surface area (Å²) in [5, 5.41) is 5.76. The van der Waals surface area contributed by atoms with Crippen LogP contribution in [0.4, 0.5) is 5.82 Å². The van der Waals surface area contributed by atoms with Crippen molar-refractivity contribution in [3.05, 3.63) is 17.3 Å². The second kappa shape index (κ2) is 5.08. The van der Waals surface area contributed by atoms with Crippen LogP contribution in [0.25, 0.3) is 10.2 Å². The molecule has 0 saturated heterocycles. The van der Waals surface area contributed by atoms with Gasteiger partial charge < -0.3 is 5.32 Å². The third-order valence-electron chi connectivity index (χ3n) is 4.58. The van der Waals surface area contributed by atoms with Crippen LogP contribution in [0.15, 0.2) is 11.7 Å². The maximum Gasteiger partial charge on any atom is 0.147 e. The largest absolute Gasteiger partial charge is 0.368 e. The van der Waals surface area contributed by atoms with Gasteiger partial charge in [0.15, 0.2) is 0 Å². The van der Waals surface area contributed by atoms with Gasteiger partial charge in [-0.25, -0.2) is 9.97 Å². The van der Waals surface area contributed by atoms with Gasteiger partial charge in [-0.2, -0.15) is 0 Å². The average Bonchev–Trinajstić information content (AvgIpc) is 3.05. The Kier molecular flexibility index (Phi) is 3.44. The van der Waals surface area contributed by atoms with Crippen molar-refractivity contribution < 1.29 is 0 Å². The van der Waals surface area contributed by atoms with Gasteiger partial charge in [0.25, 0.3) is 0 Å². The molecule has 2 aromatic heterocycles. The van der Waals surface area contributed by atoms with E-state index in [1.54, 1.807) is 17.7 Å². The van der Waals surface area contributed by atoms with Crippen LogP contribution in [0.5, 0.6) is 0 Å². The minimum absolute atomic E-state index is 0.490. The van der Waals surface area contributed by atoms with E-state index in [0.29, 0.717) is 5.41 Å². The van der Waals surface area contributed by atoms with Crippen LogP contribution in [0, 0.1) is 12.3 Å². The zero-order valence-corrected chi connectivity index (χ0v) is 12.5. The monoisotopic (exact) mass is 275 g/mol. The Morgan fingerprint density at radius 2 is 2.11 bits per heavy atom. The Hall–Kier alpha value is -1.16. The fourth-order valence-electron chi connectivity index (χ4n) is 3.15. The van der Waals surface area contributed by atoms with Crippen LogP contribution >= 0.6 is 11.3 Å². The van der Waals surface area contributed by atoms with Gasteiger partial charge in [0.05, 0.1) is 10.2 Å². The summed E-state index contributed by atoms with van der Waals surface area (Å²) in [6.07, 6.45) is 8.41. The van der Waals surface area contributed by atoms with Gasteiger partial charge in [0.1, 0.15) is 12.1 Å². The number of anilines is 1. The minimum Gasteiger partial charge on any atom is -0.368 e. The predicted molar refractivity (Wildman–Crippen MR) is 81.8 cm³/mol. The molecule has 3 rings (SSSR count). The van der Waals surface area contributed by atoms with Crippen LogP contribution in [0.1, 0.15) is 44.6 Å². The van der Waals surface area contributed by atoms with Crippen molar-refractivity contribution in [2.24, 2.45) is 5.41 Å². The Morgan fingerprint density at radius 3 is 2.84 bits per heavy atom. The molecule has 102 valence electrons. The minimum atomic E-state index is 0.490. The van der Waals surface area contributed by atoms with E-state index in [2.05, 4.69) is 34.5 Å². The van der Waals surface area contributed by atoms with E-state index in [1.165, 1.54) is 42.4 Å². The van der Waals surface area contributed by atoms with E-state index in [1.807, 2.05) is 0 Å². The van der Waals surface area contributed by atoms with Gasteiger partial charge in [-0.3, -0.25) is 0 Å². The first-order valence-electron chi connectivity index (χ1n) is 7.17. The number of hydrogen-bond donors (Lipinski definition) is 1. The number of fused-ring (bicyclic) bond motifs is 1. The second-order valence-corrected chi connectivity index (χ2v) is 6.61. The SMILES string of the molecule is CCC1(CNc2ncnc3c(C)csc23)CCCC1. The first-order valence-corrected chi connectivity index (χ1v) is 8.05. The smallest absolute Gasteiger partial charge is 0.147 e. The molecule has 19 heavy (non-hydrogen) atoms. The van der Waals surface area contributed by atoms with Crippen LogP contribution in [-0.2, 0) is 0 Å². The number of rotatable bonds is 4. The zero-order valence-electron chi connectivity index (χ0n) is 11.7. The van der Waals surface area contributed by atoms with Gasteiger partial charge in [-0.05, 0) is 42.5 Å². The lowest BCUT2D eigenvalue weighted by Gasteiger charge is -2.27. The summed E-state index contributed by atoms with van der Waals surface area (Å²) in [6.45, 7) is 5.48. The lowest BCUT2D eigenvalue weighted by Crippen LogP contribution is -2.26. The number of aromatic nitrogens is 2. The number of thiophene rings is 1. The van der Waals surface area contributed by atoms with Crippen molar-refractivity contribution in [2.75, 3.05) is 11.9 Å². The summed E-state index contributed by atoms with van der Waals surface area (Å²) in [6, 6.07) is 0. The number of nitrogens with one attached hydrogen (secondary N) is 1. The second-order valence-electron chi connectivity index (χ2n) is 5.73. The third kappa shape index (κ3) is 2.34. The number of aryl methyl sites for hydroxylation is 1. The molecular formula is C15H21N3S. The molecule has 0 amide bonds. The van der Waals surface area contributed by atoms with Gasteiger partial charge in [0, 0.05) is 6.54 Å². The van der Waals surface area contributed by atoms with E-state index in [4.69, 9.17) is 0 Å². The highest BCUT2D eigenvalue weighted by Gasteiger charge is 2.31. The lowest BCUT2D eigenvalue weighted by molar-refractivity contribution is 0.306. The van der Waals surface area contributed by atoms with E-state index in [-0.39, 0.29) is 0 Å². The Morgan fingerprint density at radius 1 is 1.32 bits per heavy atom. The molecule has 0 aliphatic heterocycles. The van der Waals surface area contributed by atoms with Crippen molar-refractivity contribution in [2.45, 2.75) is 46.0 Å². The van der Waals surface area contributed by atoms with E-state index < -0.39 is 0 Å². The molecule has 1 aliphatic carbocycles. The average molecular weight is 275 g/mol. The molecule has 1 saturated carbocycles. The zero-order chi connectivity index (χ0) is 13.3. The number of hydrogen-bond acceptors (Lipinski definition) is 4. The molecule has 3 nitrogen and oxygen atoms in total. The maximum atomic E-state index is 4.43. The molecule has 0 atom stereocenters. The molecule has 0 spiro atoms. The standard InChI is InChI=1S/C15H21N3S/c1-3-15(6-4-5-7-15)9-16-14-13-12(17-10-18-14)11(2)8-19-13/h8,10H,3-7,9H2,1-2H3,(H,16,17,18). The highest BCUT2D eigenvalue weighted by atomic mass is 32.1. The molecule has 1 fully saturated rings. The van der Waals surface area contributed by atoms with Gasteiger partial charge in [-0.15, -0.1) is 11.3 Å². The Labute approximate surface area is 118 Å². The van der Waals surface area contributed by atoms with Crippen molar-refractivity contribution in [3.63, 3.8) is 0 Å². The molecule has 1 aliphatic rings. The first-order chi connectivity index (χ1) is 9.24. The van der Waals surface area contributed by atoms with Crippen LogP contribution in [0.3, 0.4) is 0 Å². The highest BCUT2D eigenvalue weighted by Crippen LogP contribution is 2.41. The fraction of sp³-hybridized carbons (Fsp3) is 0.600. The van der Waals surface area contributed by atoms with Gasteiger partial charge in [0.2, 0.25) is 0 Å². The van der Waals surface area contributed by atoms with E-state index in [0.717, 1.165) is 17.9 Å². The summed E-state index contributed by atoms with van der Waals surface area (Å²) >= 11 is 1.74. The predicted octanol–water partition coefficient (Wildman–Crippen LogP) is 4.38. The Bertz CT molecular complexity index is 570. The van der Waals surface area contributed by atoms with E-state index in [9.17, 15) is 0 Å². The quantitative estimate of drug-likeness (QED) is 0.899. The van der Waals surface area contributed by atoms with Gasteiger partial charge >= 0.3 is 0 Å². The summed E-state index contributed by atoms with van der Waals surface area (Å²) < 4.78 is 1.20. The molecule has 0 radical (unpaired) electrons. The summed E-state index contributed by atoms with van der Waals surface area (Å²) in [5.74, 6) is 1.02. The molecule has 2 heterocycles. The first kappa shape index (κ1) is 12.9. The molecule has 4 heteroatoms. The number of nitrogens with zero attached hydrogens (tertiary/aromatic N) is 2. The van der Waals surface area contributed by atoms with Crippen LogP contribution in [0.2, 0.25) is 0 Å². The third-order valence-corrected chi connectivity index (χ3v) is 5.67. The summed E-state index contributed by atoms with van der Waals surface area (Å²) in [4.78, 5) is 8.81. The van der Waals surface area contributed by atoms with Crippen molar-refractivity contribution in [3.8, 4) is 0 Å². The van der Waals surface area contributed by atoms with Crippen LogP contribution in [-0.4, -0.2) is 16.5 Å². The maximum absolute atomic E-state index is 4.43. The highest BCUT2D eigenvalue weighted by molar-refractivity contribution is 7.18. The normalized spacial score (nSPS) is 18.0. The van der Waals surface area contributed by atoms with Crippen molar-refractivity contribution >= 4 is 27.4 Å². The van der Waals surface area contributed by atoms with Crippen LogP contribution < -0.4 is 5.32 Å². The summed E-state index contributed by atoms with van der Waals surface area (Å²) in [7, 11) is 0. The molecule has 0 unspecified atom stereocenters. The van der Waals surface area contributed by atoms with E-state index >= 15 is 0 Å². The Balaban J connectivity index is 1.82. The van der Waals surface area contributed by atoms with Gasteiger partial charge in [-0.1, -0.05) is 19.8 Å². The molecule has 2 aromatic rings.